The quantitative estimate of drug-likeness (QED) is 0.786. The van der Waals surface area contributed by atoms with Gasteiger partial charge in [-0.05, 0) is 18.9 Å². The summed E-state index contributed by atoms with van der Waals surface area (Å²) < 4.78 is 1.68. The van der Waals surface area contributed by atoms with Gasteiger partial charge in [0, 0.05) is 38.8 Å². The summed E-state index contributed by atoms with van der Waals surface area (Å²) in [7, 11) is 1.83. The van der Waals surface area contributed by atoms with Crippen molar-refractivity contribution < 1.29 is 4.79 Å². The van der Waals surface area contributed by atoms with Crippen molar-refractivity contribution in [3.8, 4) is 12.3 Å². The van der Waals surface area contributed by atoms with Crippen LogP contribution in [0.5, 0.6) is 0 Å². The first kappa shape index (κ1) is 15.7. The molecular formula is C17H23N5O. The van der Waals surface area contributed by atoms with Crippen molar-refractivity contribution in [2.45, 2.75) is 56.5 Å². The fourth-order valence-electron chi connectivity index (χ4n) is 3.26. The highest BCUT2D eigenvalue weighted by molar-refractivity contribution is 5.92. The maximum atomic E-state index is 12.3. The Kier molecular flexibility index (Phi) is 4.46. The first-order valence-electron chi connectivity index (χ1n) is 8.33. The number of nitrogens with zero attached hydrogens (tertiary/aromatic N) is 4. The number of carbonyl (C=O) groups is 1. The van der Waals surface area contributed by atoms with Crippen LogP contribution >= 0.6 is 0 Å². The molecule has 3 rings (SSSR count). The lowest BCUT2D eigenvalue weighted by atomic mass is 10.0. The highest BCUT2D eigenvalue weighted by atomic mass is 16.2. The van der Waals surface area contributed by atoms with Crippen LogP contribution in [0.15, 0.2) is 16.3 Å². The molecule has 1 aliphatic heterocycles. The van der Waals surface area contributed by atoms with E-state index in [1.165, 1.54) is 25.7 Å². The molecule has 2 aliphatic rings. The van der Waals surface area contributed by atoms with Crippen LogP contribution in [0.3, 0.4) is 0 Å². The molecule has 1 aliphatic carbocycles. The third kappa shape index (κ3) is 3.61. The Morgan fingerprint density at radius 3 is 2.83 bits per heavy atom. The number of carbonyl (C=O) groups excluding carboxylic acids is 1. The molecule has 6 nitrogen and oxygen atoms in total. The number of nitrogens with one attached hydrogen (secondary N) is 1. The Morgan fingerprint density at radius 2 is 2.17 bits per heavy atom. The fourth-order valence-corrected chi connectivity index (χ4v) is 3.26. The van der Waals surface area contributed by atoms with Gasteiger partial charge in [-0.25, -0.2) is 0 Å². The molecular weight excluding hydrogens is 290 g/mol. The molecule has 1 amide bonds. The lowest BCUT2D eigenvalue weighted by molar-refractivity contribution is 0.0942. The number of aryl methyl sites for hydroxylation is 1. The number of amides is 1. The fraction of sp³-hybridized carbons (Fsp3) is 0.647. The van der Waals surface area contributed by atoms with E-state index in [-0.39, 0.29) is 11.6 Å². The van der Waals surface area contributed by atoms with Gasteiger partial charge in [-0.3, -0.25) is 9.48 Å². The average Bonchev–Trinajstić information content (AvgIpc) is 2.96. The minimum Gasteiger partial charge on any atom is -0.351 e. The Hall–Kier alpha value is -2.16. The molecule has 0 spiro atoms. The predicted molar refractivity (Wildman–Crippen MR) is 87.0 cm³/mol. The van der Waals surface area contributed by atoms with Crippen LogP contribution in [0.4, 0.5) is 0 Å². The summed E-state index contributed by atoms with van der Waals surface area (Å²) in [5.74, 6) is 3.03. The van der Waals surface area contributed by atoms with Crippen molar-refractivity contribution in [3.05, 3.63) is 17.5 Å². The molecule has 0 aromatic carbocycles. The van der Waals surface area contributed by atoms with Gasteiger partial charge in [-0.15, -0.1) is 12.3 Å². The van der Waals surface area contributed by atoms with Gasteiger partial charge in [-0.2, -0.15) is 15.3 Å². The summed E-state index contributed by atoms with van der Waals surface area (Å²) in [6.45, 7) is 0.542. The van der Waals surface area contributed by atoms with E-state index in [2.05, 4.69) is 26.6 Å². The van der Waals surface area contributed by atoms with Crippen LogP contribution in [0.25, 0.3) is 0 Å². The zero-order chi connectivity index (χ0) is 16.3. The lowest BCUT2D eigenvalue weighted by Gasteiger charge is -2.09. The zero-order valence-corrected chi connectivity index (χ0v) is 13.6. The minimum atomic E-state index is -0.346. The molecule has 122 valence electrons. The van der Waals surface area contributed by atoms with Crippen molar-refractivity contribution in [2.24, 2.45) is 17.3 Å². The minimum absolute atomic E-state index is 0.0861. The van der Waals surface area contributed by atoms with Gasteiger partial charge < -0.3 is 5.32 Å². The molecule has 1 aromatic heterocycles. The maximum Gasteiger partial charge on any atom is 0.269 e. The highest BCUT2D eigenvalue weighted by Gasteiger charge is 2.38. The van der Waals surface area contributed by atoms with Gasteiger partial charge in [-0.1, -0.05) is 12.8 Å². The normalized spacial score (nSPS) is 18.8. The van der Waals surface area contributed by atoms with E-state index >= 15 is 0 Å². The van der Waals surface area contributed by atoms with E-state index in [0.29, 0.717) is 31.0 Å². The van der Waals surface area contributed by atoms with Crippen LogP contribution in [0, 0.1) is 12.3 Å². The van der Waals surface area contributed by atoms with E-state index in [9.17, 15) is 4.79 Å². The summed E-state index contributed by atoms with van der Waals surface area (Å²) in [5.41, 5.74) is 1.32. The summed E-state index contributed by atoms with van der Waals surface area (Å²) in [5, 5.41) is 15.6. The van der Waals surface area contributed by atoms with Crippen LogP contribution < -0.4 is 5.32 Å². The van der Waals surface area contributed by atoms with Crippen molar-refractivity contribution in [1.82, 2.24) is 15.1 Å². The van der Waals surface area contributed by atoms with E-state index in [4.69, 9.17) is 6.42 Å². The SMILES string of the molecule is C#CCCC1(CCNC(=O)c2cc(C3CCCC3)nn2C)N=N1. The highest BCUT2D eigenvalue weighted by Crippen LogP contribution is 2.36. The standard InChI is InChI=1S/C17H23N5O/c1-3-4-9-17(20-21-17)10-11-18-16(23)15-12-14(19-22(15)2)13-7-5-6-8-13/h1,12-13H,4-11H2,2H3,(H,18,23). The molecule has 0 unspecified atom stereocenters. The van der Waals surface area contributed by atoms with Gasteiger partial charge in [0.15, 0.2) is 5.66 Å². The Morgan fingerprint density at radius 1 is 1.43 bits per heavy atom. The van der Waals surface area contributed by atoms with Crippen LogP contribution in [0.1, 0.15) is 67.0 Å². The molecule has 1 fully saturated rings. The van der Waals surface area contributed by atoms with Gasteiger partial charge >= 0.3 is 0 Å². The van der Waals surface area contributed by atoms with Crippen molar-refractivity contribution in [2.75, 3.05) is 6.54 Å². The second-order valence-corrected chi connectivity index (χ2v) is 6.45. The molecule has 0 saturated heterocycles. The van der Waals surface area contributed by atoms with Crippen LogP contribution in [-0.4, -0.2) is 27.9 Å². The number of rotatable bonds is 7. The summed E-state index contributed by atoms with van der Waals surface area (Å²) in [4.78, 5) is 12.3. The molecule has 2 heterocycles. The Balaban J connectivity index is 1.51. The Bertz CT molecular complexity index is 642. The van der Waals surface area contributed by atoms with Gasteiger partial charge in [0.05, 0.1) is 5.69 Å². The summed E-state index contributed by atoms with van der Waals surface area (Å²) >= 11 is 0. The smallest absolute Gasteiger partial charge is 0.269 e. The summed E-state index contributed by atoms with van der Waals surface area (Å²) in [6, 6.07) is 1.94. The second-order valence-electron chi connectivity index (χ2n) is 6.45. The molecule has 1 N–H and O–H groups in total. The molecule has 6 heteroatoms. The average molecular weight is 313 g/mol. The monoisotopic (exact) mass is 313 g/mol. The first-order chi connectivity index (χ1) is 11.1. The third-order valence-corrected chi connectivity index (χ3v) is 4.77. The van der Waals surface area contributed by atoms with Gasteiger partial charge in [0.1, 0.15) is 5.69 Å². The maximum absolute atomic E-state index is 12.3. The van der Waals surface area contributed by atoms with Gasteiger partial charge in [0.25, 0.3) is 5.91 Å². The molecule has 0 atom stereocenters. The van der Waals surface area contributed by atoms with E-state index in [1.807, 2.05) is 13.1 Å². The van der Waals surface area contributed by atoms with Crippen molar-refractivity contribution in [3.63, 3.8) is 0 Å². The number of hydrogen-bond acceptors (Lipinski definition) is 4. The number of hydrogen-bond donors (Lipinski definition) is 1. The van der Waals surface area contributed by atoms with Crippen molar-refractivity contribution in [1.29, 1.82) is 0 Å². The number of terminal acetylenes is 1. The predicted octanol–water partition coefficient (Wildman–Crippen LogP) is 2.77. The molecule has 23 heavy (non-hydrogen) atoms. The number of aromatic nitrogens is 2. The summed E-state index contributed by atoms with van der Waals surface area (Å²) in [6.07, 6.45) is 12.3. The molecule has 1 saturated carbocycles. The molecule has 0 radical (unpaired) electrons. The Labute approximate surface area is 136 Å². The van der Waals surface area contributed by atoms with Crippen LogP contribution in [0.2, 0.25) is 0 Å². The largest absolute Gasteiger partial charge is 0.351 e. The van der Waals surface area contributed by atoms with Crippen LogP contribution in [-0.2, 0) is 7.05 Å². The third-order valence-electron chi connectivity index (χ3n) is 4.77. The van der Waals surface area contributed by atoms with Gasteiger partial charge in [0.2, 0.25) is 0 Å². The molecule has 1 aromatic rings. The second kappa shape index (κ2) is 6.53. The van der Waals surface area contributed by atoms with Crippen molar-refractivity contribution >= 4 is 5.91 Å². The van der Waals surface area contributed by atoms with E-state index < -0.39 is 0 Å². The van der Waals surface area contributed by atoms with E-state index in [1.54, 1.807) is 4.68 Å². The van der Waals surface area contributed by atoms with E-state index in [0.717, 1.165) is 12.1 Å². The topological polar surface area (TPSA) is 71.6 Å². The zero-order valence-electron chi connectivity index (χ0n) is 13.6. The first-order valence-corrected chi connectivity index (χ1v) is 8.33. The lowest BCUT2D eigenvalue weighted by Crippen LogP contribution is -2.29. The molecule has 0 bridgehead atoms.